The first-order chi connectivity index (χ1) is 12.7. The van der Waals surface area contributed by atoms with Gasteiger partial charge in [0.25, 0.3) is 0 Å². The van der Waals surface area contributed by atoms with Crippen LogP contribution in [0.3, 0.4) is 0 Å². The molecule has 1 aromatic rings. The van der Waals surface area contributed by atoms with Crippen molar-refractivity contribution in [2.75, 3.05) is 13.2 Å². The number of benzene rings is 1. The Balaban J connectivity index is 2.05. The normalized spacial score (nSPS) is 19.7. The molecule has 27 heavy (non-hydrogen) atoms. The number of rotatable bonds is 6. The zero-order valence-corrected chi connectivity index (χ0v) is 16.4. The van der Waals surface area contributed by atoms with Gasteiger partial charge in [0.2, 0.25) is 0 Å². The standard InChI is InChI=1S/C20H28FNO5/c1-5-25-18(23)10-9-15-12-17(26-16-8-6-7-14(21)11-16)13-22(15)19(24)27-20(2,3)4/h6-8,11,15,17H,5,9-10,12-13H2,1-4H3/t15-,17+/m1/s1. The van der Waals surface area contributed by atoms with E-state index in [9.17, 15) is 14.0 Å². The smallest absolute Gasteiger partial charge is 0.410 e. The van der Waals surface area contributed by atoms with Crippen LogP contribution in [0.2, 0.25) is 0 Å². The number of halogens is 1. The van der Waals surface area contributed by atoms with Crippen molar-refractivity contribution in [3.05, 3.63) is 30.1 Å². The summed E-state index contributed by atoms with van der Waals surface area (Å²) in [7, 11) is 0. The minimum atomic E-state index is -0.621. The molecule has 1 fully saturated rings. The summed E-state index contributed by atoms with van der Waals surface area (Å²) in [5.74, 6) is -0.264. The average Bonchev–Trinajstić information content (AvgIpc) is 2.94. The summed E-state index contributed by atoms with van der Waals surface area (Å²) in [5.41, 5.74) is -0.621. The molecule has 1 heterocycles. The quantitative estimate of drug-likeness (QED) is 0.699. The maximum Gasteiger partial charge on any atom is 0.410 e. The number of nitrogens with zero attached hydrogens (tertiary/aromatic N) is 1. The fourth-order valence-electron chi connectivity index (χ4n) is 3.03. The molecule has 0 aliphatic carbocycles. The van der Waals surface area contributed by atoms with Crippen LogP contribution in [0, 0.1) is 5.82 Å². The number of esters is 1. The number of ether oxygens (including phenoxy) is 3. The Morgan fingerprint density at radius 2 is 2.04 bits per heavy atom. The Morgan fingerprint density at radius 3 is 2.67 bits per heavy atom. The lowest BCUT2D eigenvalue weighted by atomic mass is 10.1. The van der Waals surface area contributed by atoms with E-state index in [4.69, 9.17) is 14.2 Å². The van der Waals surface area contributed by atoms with E-state index in [2.05, 4.69) is 0 Å². The summed E-state index contributed by atoms with van der Waals surface area (Å²) in [6.45, 7) is 7.80. The summed E-state index contributed by atoms with van der Waals surface area (Å²) in [5, 5.41) is 0. The molecule has 0 bridgehead atoms. The minimum Gasteiger partial charge on any atom is -0.488 e. The monoisotopic (exact) mass is 381 g/mol. The highest BCUT2D eigenvalue weighted by Crippen LogP contribution is 2.28. The molecule has 1 amide bonds. The van der Waals surface area contributed by atoms with Crippen LogP contribution in [0.5, 0.6) is 5.75 Å². The van der Waals surface area contributed by atoms with Crippen molar-refractivity contribution in [1.82, 2.24) is 4.90 Å². The lowest BCUT2D eigenvalue weighted by Gasteiger charge is -2.28. The molecule has 150 valence electrons. The van der Waals surface area contributed by atoms with Crippen LogP contribution in [0.15, 0.2) is 24.3 Å². The predicted molar refractivity (Wildman–Crippen MR) is 98.0 cm³/mol. The molecule has 6 nitrogen and oxygen atoms in total. The summed E-state index contributed by atoms with van der Waals surface area (Å²) < 4.78 is 29.7. The highest BCUT2D eigenvalue weighted by atomic mass is 19.1. The number of likely N-dealkylation sites (tertiary alicyclic amines) is 1. The topological polar surface area (TPSA) is 65.1 Å². The van der Waals surface area contributed by atoms with Crippen molar-refractivity contribution in [3.8, 4) is 5.75 Å². The van der Waals surface area contributed by atoms with Gasteiger partial charge in [0.05, 0.1) is 13.2 Å². The Hall–Kier alpha value is -2.31. The van der Waals surface area contributed by atoms with E-state index < -0.39 is 11.7 Å². The third-order valence-electron chi connectivity index (χ3n) is 4.09. The van der Waals surface area contributed by atoms with E-state index in [-0.39, 0.29) is 30.4 Å². The third kappa shape index (κ3) is 6.73. The molecule has 0 unspecified atom stereocenters. The van der Waals surface area contributed by atoms with Crippen molar-refractivity contribution < 1.29 is 28.2 Å². The SMILES string of the molecule is CCOC(=O)CC[C@@H]1C[C@H](Oc2cccc(F)c2)CN1C(=O)OC(C)(C)C. The highest BCUT2D eigenvalue weighted by molar-refractivity contribution is 5.71. The number of carbonyl (C=O) groups is 2. The van der Waals surface area contributed by atoms with Crippen LogP contribution in [0.1, 0.15) is 47.0 Å². The van der Waals surface area contributed by atoms with Crippen molar-refractivity contribution >= 4 is 12.1 Å². The first-order valence-electron chi connectivity index (χ1n) is 9.25. The summed E-state index contributed by atoms with van der Waals surface area (Å²) in [4.78, 5) is 25.8. The van der Waals surface area contributed by atoms with Gasteiger partial charge in [-0.25, -0.2) is 9.18 Å². The van der Waals surface area contributed by atoms with Gasteiger partial charge in [-0.3, -0.25) is 4.79 Å². The Morgan fingerprint density at radius 1 is 1.30 bits per heavy atom. The van der Waals surface area contributed by atoms with Crippen molar-refractivity contribution in [2.45, 2.75) is 64.7 Å². The van der Waals surface area contributed by atoms with Gasteiger partial charge in [0, 0.05) is 24.9 Å². The zero-order chi connectivity index (χ0) is 20.0. The van der Waals surface area contributed by atoms with Gasteiger partial charge in [-0.1, -0.05) is 6.07 Å². The number of hydrogen-bond donors (Lipinski definition) is 0. The summed E-state index contributed by atoms with van der Waals surface area (Å²) >= 11 is 0. The molecule has 0 N–H and O–H groups in total. The largest absolute Gasteiger partial charge is 0.488 e. The second-order valence-electron chi connectivity index (χ2n) is 7.56. The van der Waals surface area contributed by atoms with Crippen LogP contribution < -0.4 is 4.74 Å². The van der Waals surface area contributed by atoms with Gasteiger partial charge >= 0.3 is 12.1 Å². The van der Waals surface area contributed by atoms with E-state index in [1.54, 1.807) is 44.7 Å². The maximum absolute atomic E-state index is 13.4. The van der Waals surface area contributed by atoms with E-state index >= 15 is 0 Å². The molecule has 1 saturated heterocycles. The molecule has 0 spiro atoms. The van der Waals surface area contributed by atoms with Gasteiger partial charge in [-0.15, -0.1) is 0 Å². The fraction of sp³-hybridized carbons (Fsp3) is 0.600. The van der Waals surface area contributed by atoms with Gasteiger partial charge < -0.3 is 19.1 Å². The molecule has 1 aliphatic rings. The van der Waals surface area contributed by atoms with Crippen molar-refractivity contribution in [3.63, 3.8) is 0 Å². The van der Waals surface area contributed by atoms with Crippen molar-refractivity contribution in [1.29, 1.82) is 0 Å². The molecule has 2 atom stereocenters. The molecule has 0 saturated carbocycles. The molecule has 1 aliphatic heterocycles. The van der Waals surface area contributed by atoms with Crippen LogP contribution in [0.4, 0.5) is 9.18 Å². The molecule has 7 heteroatoms. The second-order valence-corrected chi connectivity index (χ2v) is 7.56. The highest BCUT2D eigenvalue weighted by Gasteiger charge is 2.38. The van der Waals surface area contributed by atoms with E-state index in [1.807, 2.05) is 0 Å². The summed E-state index contributed by atoms with van der Waals surface area (Å²) in [6, 6.07) is 5.69. The van der Waals surface area contributed by atoms with Crippen LogP contribution in [-0.2, 0) is 14.3 Å². The van der Waals surface area contributed by atoms with Crippen LogP contribution >= 0.6 is 0 Å². The Kier molecular flexibility index (Phi) is 7.05. The van der Waals surface area contributed by atoms with E-state index in [1.165, 1.54) is 12.1 Å². The Labute approximate surface area is 159 Å². The average molecular weight is 381 g/mol. The molecule has 0 aromatic heterocycles. The zero-order valence-electron chi connectivity index (χ0n) is 16.4. The Bertz CT molecular complexity index is 658. The van der Waals surface area contributed by atoms with Crippen molar-refractivity contribution in [2.24, 2.45) is 0 Å². The van der Waals surface area contributed by atoms with E-state index in [0.717, 1.165) is 0 Å². The molecule has 1 aromatic carbocycles. The molecular weight excluding hydrogens is 353 g/mol. The number of hydrogen-bond acceptors (Lipinski definition) is 5. The van der Waals surface area contributed by atoms with Gasteiger partial charge in [0.1, 0.15) is 23.3 Å². The van der Waals surface area contributed by atoms with E-state index in [0.29, 0.717) is 31.7 Å². The van der Waals surface area contributed by atoms with Gasteiger partial charge in [0.15, 0.2) is 0 Å². The third-order valence-corrected chi connectivity index (χ3v) is 4.09. The lowest BCUT2D eigenvalue weighted by molar-refractivity contribution is -0.143. The molecular formula is C20H28FNO5. The summed E-state index contributed by atoms with van der Waals surface area (Å²) in [6.07, 6.45) is 0.467. The minimum absolute atomic E-state index is 0.206. The molecule has 2 rings (SSSR count). The van der Waals surface area contributed by atoms with Crippen LogP contribution in [0.25, 0.3) is 0 Å². The van der Waals surface area contributed by atoms with Gasteiger partial charge in [-0.2, -0.15) is 0 Å². The lowest BCUT2D eigenvalue weighted by Crippen LogP contribution is -2.40. The maximum atomic E-state index is 13.4. The first-order valence-corrected chi connectivity index (χ1v) is 9.25. The fourth-order valence-corrected chi connectivity index (χ4v) is 3.03. The second kappa shape index (κ2) is 9.06. The molecule has 0 radical (unpaired) electrons. The number of amides is 1. The van der Waals surface area contributed by atoms with Gasteiger partial charge in [-0.05, 0) is 46.2 Å². The first kappa shape index (κ1) is 21.0. The van der Waals surface area contributed by atoms with Crippen LogP contribution in [-0.4, -0.2) is 47.9 Å². The number of carbonyl (C=O) groups excluding carboxylic acids is 2. The predicted octanol–water partition coefficient (Wildman–Crippen LogP) is 3.93.